The summed E-state index contributed by atoms with van der Waals surface area (Å²) in [6, 6.07) is 0. The number of halogens is 1. The van der Waals surface area contributed by atoms with Crippen LogP contribution >= 0.6 is 11.6 Å². The summed E-state index contributed by atoms with van der Waals surface area (Å²) in [6.07, 6.45) is 0.933. The molecule has 0 saturated carbocycles. The monoisotopic (exact) mass is 296 g/mol. The van der Waals surface area contributed by atoms with E-state index < -0.39 is 18.4 Å². The van der Waals surface area contributed by atoms with Gasteiger partial charge in [0.15, 0.2) is 23.1 Å². The lowest BCUT2D eigenvalue weighted by Crippen LogP contribution is -2.39. The van der Waals surface area contributed by atoms with Gasteiger partial charge < -0.3 is 14.2 Å². The molecule has 9 heteroatoms. The van der Waals surface area contributed by atoms with Crippen molar-refractivity contribution >= 4 is 28.5 Å². The van der Waals surface area contributed by atoms with Crippen molar-refractivity contribution in [2.45, 2.75) is 18.4 Å². The Hall–Kier alpha value is -1.61. The van der Waals surface area contributed by atoms with E-state index in [1.165, 1.54) is 17.2 Å². The SMILES string of the molecule is O=C1C2OCOC[C@@H]2O[C@H]1n1cnc2c(Cl)ncnc21. The third kappa shape index (κ3) is 1.66. The van der Waals surface area contributed by atoms with Crippen LogP contribution in [-0.4, -0.2) is 50.9 Å². The number of hydrogen-bond acceptors (Lipinski definition) is 7. The molecule has 4 heterocycles. The number of aromatic nitrogens is 4. The number of fused-ring (bicyclic) bond motifs is 2. The molecular weight excluding hydrogens is 288 g/mol. The van der Waals surface area contributed by atoms with Crippen LogP contribution in [-0.2, 0) is 19.0 Å². The third-order valence-corrected chi connectivity index (χ3v) is 3.62. The molecule has 2 aromatic heterocycles. The van der Waals surface area contributed by atoms with Crippen LogP contribution in [0.5, 0.6) is 0 Å². The van der Waals surface area contributed by atoms with Crippen LogP contribution in [0, 0.1) is 0 Å². The fraction of sp³-hybridized carbons (Fsp3) is 0.455. The number of rotatable bonds is 1. The first kappa shape index (κ1) is 12.2. The van der Waals surface area contributed by atoms with Gasteiger partial charge in [-0.1, -0.05) is 11.6 Å². The number of ketones is 1. The summed E-state index contributed by atoms with van der Waals surface area (Å²) in [6.45, 7) is 0.428. The van der Waals surface area contributed by atoms with Gasteiger partial charge in [-0.3, -0.25) is 9.36 Å². The van der Waals surface area contributed by atoms with Crippen molar-refractivity contribution < 1.29 is 19.0 Å². The van der Waals surface area contributed by atoms with E-state index in [1.54, 1.807) is 0 Å². The highest BCUT2D eigenvalue weighted by Crippen LogP contribution is 2.32. The summed E-state index contributed by atoms with van der Waals surface area (Å²) in [4.78, 5) is 24.4. The van der Waals surface area contributed by atoms with Gasteiger partial charge in [0, 0.05) is 0 Å². The smallest absolute Gasteiger partial charge is 0.214 e. The molecular formula is C11H9ClN4O4. The van der Waals surface area contributed by atoms with E-state index in [4.69, 9.17) is 25.8 Å². The second kappa shape index (κ2) is 4.45. The number of Topliss-reactive ketones (excluding diaryl/α,β-unsaturated/α-hetero) is 1. The van der Waals surface area contributed by atoms with E-state index in [9.17, 15) is 4.79 Å². The summed E-state index contributed by atoms with van der Waals surface area (Å²) in [5.74, 6) is -0.174. The molecule has 1 unspecified atom stereocenters. The van der Waals surface area contributed by atoms with E-state index in [0.717, 1.165) is 0 Å². The predicted molar refractivity (Wildman–Crippen MR) is 64.9 cm³/mol. The molecule has 0 radical (unpaired) electrons. The highest BCUT2D eigenvalue weighted by atomic mass is 35.5. The molecule has 0 spiro atoms. The van der Waals surface area contributed by atoms with Gasteiger partial charge >= 0.3 is 0 Å². The maximum absolute atomic E-state index is 12.3. The van der Waals surface area contributed by atoms with Crippen LogP contribution in [0.15, 0.2) is 12.7 Å². The molecule has 0 bridgehead atoms. The molecule has 20 heavy (non-hydrogen) atoms. The highest BCUT2D eigenvalue weighted by Gasteiger charge is 2.47. The summed E-state index contributed by atoms with van der Waals surface area (Å²) >= 11 is 5.94. The molecule has 0 N–H and O–H groups in total. The molecule has 104 valence electrons. The second-order valence-corrected chi connectivity index (χ2v) is 4.85. The van der Waals surface area contributed by atoms with Crippen LogP contribution in [0.3, 0.4) is 0 Å². The number of ether oxygens (including phenoxy) is 3. The van der Waals surface area contributed by atoms with Gasteiger partial charge in [0.05, 0.1) is 12.9 Å². The van der Waals surface area contributed by atoms with Crippen molar-refractivity contribution in [1.82, 2.24) is 19.5 Å². The Morgan fingerprint density at radius 1 is 1.35 bits per heavy atom. The summed E-state index contributed by atoms with van der Waals surface area (Å²) in [5, 5.41) is 0.233. The Bertz CT molecular complexity index is 690. The number of carbonyl (C=O) groups is 1. The fourth-order valence-corrected chi connectivity index (χ4v) is 2.60. The Morgan fingerprint density at radius 3 is 3.10 bits per heavy atom. The van der Waals surface area contributed by atoms with Gasteiger partial charge in [0.2, 0.25) is 5.78 Å². The maximum Gasteiger partial charge on any atom is 0.214 e. The second-order valence-electron chi connectivity index (χ2n) is 4.49. The normalized spacial score (nSPS) is 29.9. The molecule has 3 atom stereocenters. The lowest BCUT2D eigenvalue weighted by molar-refractivity contribution is -0.183. The Kier molecular flexibility index (Phi) is 2.71. The zero-order chi connectivity index (χ0) is 13.7. The van der Waals surface area contributed by atoms with Crippen LogP contribution in [0.1, 0.15) is 6.23 Å². The standard InChI is InChI=1S/C11H9ClN4O4/c12-9-6-10(14-2-13-9)16(3-15-6)11-7(17)8-5(20-11)1-18-4-19-8/h2-3,5,8,11H,1,4H2/t5-,8?,11+/m0/s1. The lowest BCUT2D eigenvalue weighted by Gasteiger charge is -2.22. The van der Waals surface area contributed by atoms with Crippen LogP contribution in [0.4, 0.5) is 0 Å². The number of carbonyl (C=O) groups excluding carboxylic acids is 1. The van der Waals surface area contributed by atoms with Crippen molar-refractivity contribution in [2.75, 3.05) is 13.4 Å². The topological polar surface area (TPSA) is 88.4 Å². The highest BCUT2D eigenvalue weighted by molar-refractivity contribution is 6.33. The van der Waals surface area contributed by atoms with E-state index in [0.29, 0.717) is 17.8 Å². The van der Waals surface area contributed by atoms with Crippen molar-refractivity contribution in [2.24, 2.45) is 0 Å². The quantitative estimate of drug-likeness (QED) is 0.700. The average Bonchev–Trinajstić information content (AvgIpc) is 3.02. The molecule has 2 saturated heterocycles. The fourth-order valence-electron chi connectivity index (χ4n) is 2.43. The minimum atomic E-state index is -0.831. The minimum absolute atomic E-state index is 0.0989. The molecule has 8 nitrogen and oxygen atoms in total. The van der Waals surface area contributed by atoms with Gasteiger partial charge in [-0.25, -0.2) is 15.0 Å². The number of hydrogen-bond donors (Lipinski definition) is 0. The van der Waals surface area contributed by atoms with Crippen molar-refractivity contribution in [3.05, 3.63) is 17.8 Å². The van der Waals surface area contributed by atoms with Gasteiger partial charge in [0.1, 0.15) is 24.7 Å². The summed E-state index contributed by atoms with van der Waals surface area (Å²) in [5.41, 5.74) is 0.875. The van der Waals surface area contributed by atoms with Gasteiger partial charge in [-0.05, 0) is 0 Å². The van der Waals surface area contributed by atoms with Crippen LogP contribution in [0.25, 0.3) is 11.2 Å². The van der Waals surface area contributed by atoms with E-state index in [1.807, 2.05) is 0 Å². The van der Waals surface area contributed by atoms with Crippen LogP contribution in [0.2, 0.25) is 5.15 Å². The Balaban J connectivity index is 1.76. The molecule has 4 rings (SSSR count). The first-order valence-electron chi connectivity index (χ1n) is 5.97. The largest absolute Gasteiger partial charge is 0.353 e. The molecule has 2 aliphatic heterocycles. The van der Waals surface area contributed by atoms with Gasteiger partial charge in [0.25, 0.3) is 0 Å². The zero-order valence-corrected chi connectivity index (χ0v) is 10.9. The predicted octanol–water partition coefficient (Wildman–Crippen LogP) is 0.319. The molecule has 2 aromatic rings. The summed E-state index contributed by atoms with van der Waals surface area (Å²) < 4.78 is 17.6. The van der Waals surface area contributed by atoms with E-state index in [2.05, 4.69) is 15.0 Å². The van der Waals surface area contributed by atoms with Crippen molar-refractivity contribution in [3.8, 4) is 0 Å². The molecule has 2 aliphatic rings. The molecule has 0 aliphatic carbocycles. The van der Waals surface area contributed by atoms with E-state index in [-0.39, 0.29) is 17.7 Å². The van der Waals surface area contributed by atoms with Gasteiger partial charge in [-0.2, -0.15) is 0 Å². The summed E-state index contributed by atoms with van der Waals surface area (Å²) in [7, 11) is 0. The zero-order valence-electron chi connectivity index (χ0n) is 10.1. The lowest BCUT2D eigenvalue weighted by atomic mass is 10.1. The first-order chi connectivity index (χ1) is 9.75. The minimum Gasteiger partial charge on any atom is -0.353 e. The van der Waals surface area contributed by atoms with Crippen LogP contribution < -0.4 is 0 Å². The van der Waals surface area contributed by atoms with Crippen molar-refractivity contribution in [3.63, 3.8) is 0 Å². The maximum atomic E-state index is 12.3. The Labute approximate surface area is 117 Å². The number of imidazole rings is 1. The molecule has 2 fully saturated rings. The average molecular weight is 297 g/mol. The number of nitrogens with zero attached hydrogens (tertiary/aromatic N) is 4. The van der Waals surface area contributed by atoms with Gasteiger partial charge in [-0.15, -0.1) is 0 Å². The molecule has 0 aromatic carbocycles. The Morgan fingerprint density at radius 2 is 2.25 bits per heavy atom. The van der Waals surface area contributed by atoms with E-state index >= 15 is 0 Å². The van der Waals surface area contributed by atoms with Crippen molar-refractivity contribution in [1.29, 1.82) is 0 Å². The molecule has 0 amide bonds. The first-order valence-corrected chi connectivity index (χ1v) is 6.35. The third-order valence-electron chi connectivity index (χ3n) is 3.34.